The molecule has 4 heteroatoms. The van der Waals surface area contributed by atoms with Crippen molar-refractivity contribution in [3.05, 3.63) is 34.4 Å². The lowest BCUT2D eigenvalue weighted by Gasteiger charge is -2.36. The first-order valence-electron chi connectivity index (χ1n) is 9.18. The second-order valence-corrected chi connectivity index (χ2v) is 7.70. The van der Waals surface area contributed by atoms with E-state index < -0.39 is 0 Å². The van der Waals surface area contributed by atoms with Crippen LogP contribution in [0.1, 0.15) is 59.2 Å². The molecule has 134 valence electrons. The molecule has 0 aromatic heterocycles. The topological polar surface area (TPSA) is 60.4 Å². The molecular formula is C21H26O4. The van der Waals surface area contributed by atoms with Crippen LogP contribution in [0.4, 0.5) is 0 Å². The van der Waals surface area contributed by atoms with Crippen LogP contribution in [0.3, 0.4) is 0 Å². The second kappa shape index (κ2) is 7.11. The summed E-state index contributed by atoms with van der Waals surface area (Å²) < 4.78 is 5.34. The average Bonchev–Trinajstić information content (AvgIpc) is 2.51. The van der Waals surface area contributed by atoms with Gasteiger partial charge in [-0.1, -0.05) is 24.1 Å². The van der Waals surface area contributed by atoms with Gasteiger partial charge in [-0.15, -0.1) is 0 Å². The summed E-state index contributed by atoms with van der Waals surface area (Å²) >= 11 is 0. The Bertz CT molecular complexity index is 680. The van der Waals surface area contributed by atoms with Gasteiger partial charge in [0.15, 0.2) is 6.61 Å². The summed E-state index contributed by atoms with van der Waals surface area (Å²) in [7, 11) is 0. The van der Waals surface area contributed by atoms with E-state index in [1.807, 2.05) is 32.9 Å². The van der Waals surface area contributed by atoms with Gasteiger partial charge in [0.2, 0.25) is 5.78 Å². The lowest BCUT2D eigenvalue weighted by Crippen LogP contribution is -2.39. The molecule has 4 nitrogen and oxygen atoms in total. The molecule has 1 unspecified atom stereocenters. The van der Waals surface area contributed by atoms with E-state index in [2.05, 4.69) is 0 Å². The minimum absolute atomic E-state index is 0.0161. The molecule has 0 radical (unpaired) electrons. The number of benzene rings is 1. The number of aryl methyl sites for hydroxylation is 3. The first-order chi connectivity index (χ1) is 11.9. The van der Waals surface area contributed by atoms with Crippen LogP contribution in [0, 0.1) is 38.5 Å². The van der Waals surface area contributed by atoms with Crippen molar-refractivity contribution in [1.29, 1.82) is 0 Å². The molecule has 3 atom stereocenters. The molecule has 2 aliphatic rings. The number of carbonyl (C=O) groups excluding carboxylic acids is 3. The van der Waals surface area contributed by atoms with E-state index in [1.165, 1.54) is 0 Å². The Labute approximate surface area is 148 Å². The molecule has 0 aliphatic heterocycles. The molecule has 25 heavy (non-hydrogen) atoms. The average molecular weight is 342 g/mol. The Morgan fingerprint density at radius 3 is 2.16 bits per heavy atom. The summed E-state index contributed by atoms with van der Waals surface area (Å²) in [6.07, 6.45) is 4.03. The third-order valence-corrected chi connectivity index (χ3v) is 5.68. The number of rotatable bonds is 4. The van der Waals surface area contributed by atoms with Crippen LogP contribution in [0.5, 0.6) is 0 Å². The Morgan fingerprint density at radius 1 is 1.04 bits per heavy atom. The molecule has 0 heterocycles. The van der Waals surface area contributed by atoms with Crippen LogP contribution in [0.15, 0.2) is 12.1 Å². The summed E-state index contributed by atoms with van der Waals surface area (Å²) in [5.74, 6) is -0.349. The highest BCUT2D eigenvalue weighted by molar-refractivity contribution is 6.00. The molecule has 2 bridgehead atoms. The highest BCUT2D eigenvalue weighted by Crippen LogP contribution is 2.40. The zero-order chi connectivity index (χ0) is 18.1. The van der Waals surface area contributed by atoms with Gasteiger partial charge in [-0.2, -0.15) is 0 Å². The molecule has 2 fully saturated rings. The van der Waals surface area contributed by atoms with Crippen molar-refractivity contribution in [2.24, 2.45) is 17.8 Å². The fraction of sp³-hybridized carbons (Fsp3) is 0.571. The molecule has 0 amide bonds. The third-order valence-electron chi connectivity index (χ3n) is 5.68. The smallest absolute Gasteiger partial charge is 0.309 e. The molecule has 0 spiro atoms. The number of Topliss-reactive ketones (excluding diaryl/α,β-unsaturated/α-hetero) is 2. The van der Waals surface area contributed by atoms with Gasteiger partial charge in [0, 0.05) is 17.4 Å². The predicted molar refractivity (Wildman–Crippen MR) is 94.5 cm³/mol. The van der Waals surface area contributed by atoms with Crippen molar-refractivity contribution in [3.8, 4) is 0 Å². The summed E-state index contributed by atoms with van der Waals surface area (Å²) in [6.45, 7) is 5.59. The van der Waals surface area contributed by atoms with Gasteiger partial charge < -0.3 is 4.74 Å². The minimum atomic E-state index is -0.319. The number of carbonyl (C=O) groups is 3. The largest absolute Gasteiger partial charge is 0.457 e. The Kier molecular flexibility index (Phi) is 5.07. The predicted octanol–water partition coefficient (Wildman–Crippen LogP) is 3.73. The first kappa shape index (κ1) is 17.8. The molecule has 2 saturated carbocycles. The zero-order valence-corrected chi connectivity index (χ0v) is 15.3. The molecule has 1 aromatic carbocycles. The fourth-order valence-electron chi connectivity index (χ4n) is 4.62. The van der Waals surface area contributed by atoms with Crippen molar-refractivity contribution in [2.45, 2.75) is 52.9 Å². The maximum Gasteiger partial charge on any atom is 0.309 e. The molecular weight excluding hydrogens is 316 g/mol. The summed E-state index contributed by atoms with van der Waals surface area (Å²) in [4.78, 5) is 37.0. The van der Waals surface area contributed by atoms with Crippen LogP contribution in [0.25, 0.3) is 0 Å². The Hall–Kier alpha value is -1.97. The van der Waals surface area contributed by atoms with Crippen molar-refractivity contribution in [1.82, 2.24) is 0 Å². The van der Waals surface area contributed by atoms with Crippen molar-refractivity contribution in [2.75, 3.05) is 6.61 Å². The monoisotopic (exact) mass is 342 g/mol. The summed E-state index contributed by atoms with van der Waals surface area (Å²) in [6, 6.07) is 3.94. The van der Waals surface area contributed by atoms with E-state index in [0.29, 0.717) is 24.2 Å². The highest BCUT2D eigenvalue weighted by Gasteiger charge is 2.41. The fourth-order valence-corrected chi connectivity index (χ4v) is 4.62. The van der Waals surface area contributed by atoms with E-state index in [9.17, 15) is 14.4 Å². The molecule has 0 saturated heterocycles. The Balaban J connectivity index is 1.61. The van der Waals surface area contributed by atoms with Crippen molar-refractivity contribution < 1.29 is 19.1 Å². The number of fused-ring (bicyclic) bond motifs is 2. The van der Waals surface area contributed by atoms with Gasteiger partial charge in [0.05, 0.1) is 5.92 Å². The maximum absolute atomic E-state index is 12.5. The zero-order valence-electron chi connectivity index (χ0n) is 15.3. The Morgan fingerprint density at radius 2 is 1.60 bits per heavy atom. The van der Waals surface area contributed by atoms with E-state index >= 15 is 0 Å². The standard InChI is InChI=1S/C21H26O4/c1-12-7-13(2)19(14(3)8-12)18(22)11-25-21(24)17-9-15-5-4-6-16(10-17)20(15)23/h7-8,15-17H,4-6,9-11H2,1-3H3/t15-,16+,17?. The van der Waals surface area contributed by atoms with Gasteiger partial charge in [0.25, 0.3) is 0 Å². The lowest BCUT2D eigenvalue weighted by atomic mass is 9.67. The van der Waals surface area contributed by atoms with Gasteiger partial charge in [-0.05, 0) is 57.6 Å². The van der Waals surface area contributed by atoms with Gasteiger partial charge >= 0.3 is 5.97 Å². The first-order valence-corrected chi connectivity index (χ1v) is 9.18. The van der Waals surface area contributed by atoms with E-state index in [1.54, 1.807) is 0 Å². The number of ketones is 2. The third kappa shape index (κ3) is 3.68. The number of hydrogen-bond acceptors (Lipinski definition) is 4. The lowest BCUT2D eigenvalue weighted by molar-refractivity contribution is -0.152. The number of ether oxygens (including phenoxy) is 1. The van der Waals surface area contributed by atoms with Crippen LogP contribution in [-0.4, -0.2) is 24.1 Å². The van der Waals surface area contributed by atoms with Crippen molar-refractivity contribution in [3.63, 3.8) is 0 Å². The van der Waals surface area contributed by atoms with E-state index in [-0.39, 0.29) is 36.1 Å². The highest BCUT2D eigenvalue weighted by atomic mass is 16.5. The molecule has 0 N–H and O–H groups in total. The van der Waals surface area contributed by atoms with Crippen LogP contribution in [-0.2, 0) is 14.3 Å². The summed E-state index contributed by atoms with van der Waals surface area (Å²) in [5, 5.41) is 0. The SMILES string of the molecule is Cc1cc(C)c(C(=O)COC(=O)C2C[C@H]3CCC[C@@H](C2)C3=O)c(C)c1. The van der Waals surface area contributed by atoms with E-state index in [4.69, 9.17) is 4.74 Å². The molecule has 1 aromatic rings. The molecule has 3 rings (SSSR count). The number of esters is 1. The van der Waals surface area contributed by atoms with Crippen molar-refractivity contribution >= 4 is 17.5 Å². The molecule has 2 aliphatic carbocycles. The van der Waals surface area contributed by atoms with Crippen LogP contribution >= 0.6 is 0 Å². The number of hydrogen-bond donors (Lipinski definition) is 0. The van der Waals surface area contributed by atoms with E-state index in [0.717, 1.165) is 36.0 Å². The van der Waals surface area contributed by atoms with Gasteiger partial charge in [-0.3, -0.25) is 14.4 Å². The van der Waals surface area contributed by atoms with Gasteiger partial charge in [0.1, 0.15) is 5.78 Å². The second-order valence-electron chi connectivity index (χ2n) is 7.70. The normalized spacial score (nSPS) is 25.6. The quantitative estimate of drug-likeness (QED) is 0.618. The maximum atomic E-state index is 12.5. The summed E-state index contributed by atoms with van der Waals surface area (Å²) in [5.41, 5.74) is 3.59. The van der Waals surface area contributed by atoms with Crippen LogP contribution in [0.2, 0.25) is 0 Å². The van der Waals surface area contributed by atoms with Gasteiger partial charge in [-0.25, -0.2) is 0 Å². The minimum Gasteiger partial charge on any atom is -0.457 e. The van der Waals surface area contributed by atoms with Crippen LogP contribution < -0.4 is 0 Å².